The molecule has 30 heavy (non-hydrogen) atoms. The van der Waals surface area contributed by atoms with Crippen molar-refractivity contribution < 1.29 is 23.1 Å². The molecule has 8 heteroatoms. The molecule has 2 aromatic carbocycles. The van der Waals surface area contributed by atoms with Crippen LogP contribution in [0.2, 0.25) is 0 Å². The second-order valence-electron chi connectivity index (χ2n) is 7.34. The fraction of sp³-hybridized carbons (Fsp3) is 0.364. The number of hydrogen-bond acceptors (Lipinski definition) is 4. The minimum Gasteiger partial charge on any atom is -0.374 e. The predicted molar refractivity (Wildman–Crippen MR) is 109 cm³/mol. The van der Waals surface area contributed by atoms with Crippen molar-refractivity contribution in [1.82, 2.24) is 10.2 Å². The number of benzene rings is 2. The standard InChI is InChI=1S/C22H25F2N3O3/c1-15(28)26-18-4-2-3-16(9-18)11-22(29)25-12-19-14-27(7-8-30-19)13-17-5-6-20(23)21(24)10-17/h2-6,9-10,19H,7-8,11-14H2,1H3,(H,25,29)(H,26,28)/t19-/m0/s1. The highest BCUT2D eigenvalue weighted by Gasteiger charge is 2.21. The average Bonchev–Trinajstić information content (AvgIpc) is 2.69. The van der Waals surface area contributed by atoms with E-state index in [1.165, 1.54) is 13.0 Å². The number of ether oxygens (including phenoxy) is 1. The van der Waals surface area contributed by atoms with Crippen molar-refractivity contribution in [2.24, 2.45) is 0 Å². The highest BCUT2D eigenvalue weighted by Crippen LogP contribution is 2.14. The Morgan fingerprint density at radius 3 is 2.73 bits per heavy atom. The Morgan fingerprint density at radius 1 is 1.13 bits per heavy atom. The highest BCUT2D eigenvalue weighted by atomic mass is 19.2. The fourth-order valence-corrected chi connectivity index (χ4v) is 3.38. The lowest BCUT2D eigenvalue weighted by atomic mass is 10.1. The fourth-order valence-electron chi connectivity index (χ4n) is 3.38. The monoisotopic (exact) mass is 417 g/mol. The Bertz CT molecular complexity index is 907. The van der Waals surface area contributed by atoms with Crippen LogP contribution < -0.4 is 10.6 Å². The third-order valence-electron chi connectivity index (χ3n) is 4.75. The van der Waals surface area contributed by atoms with Crippen molar-refractivity contribution in [2.45, 2.75) is 26.0 Å². The van der Waals surface area contributed by atoms with Gasteiger partial charge in [-0.05, 0) is 35.4 Å². The number of carbonyl (C=O) groups excluding carboxylic acids is 2. The number of amides is 2. The van der Waals surface area contributed by atoms with E-state index in [2.05, 4.69) is 15.5 Å². The summed E-state index contributed by atoms with van der Waals surface area (Å²) in [6.45, 7) is 4.04. The molecule has 160 valence electrons. The van der Waals surface area contributed by atoms with Crippen molar-refractivity contribution in [2.75, 3.05) is 31.6 Å². The maximum Gasteiger partial charge on any atom is 0.224 e. The van der Waals surface area contributed by atoms with Gasteiger partial charge in [0.15, 0.2) is 11.6 Å². The zero-order chi connectivity index (χ0) is 21.5. The molecule has 2 amide bonds. The second-order valence-corrected chi connectivity index (χ2v) is 7.34. The van der Waals surface area contributed by atoms with Gasteiger partial charge in [-0.1, -0.05) is 18.2 Å². The van der Waals surface area contributed by atoms with Crippen LogP contribution in [0.1, 0.15) is 18.1 Å². The molecule has 2 N–H and O–H groups in total. The van der Waals surface area contributed by atoms with Crippen LogP contribution in [0, 0.1) is 11.6 Å². The van der Waals surface area contributed by atoms with Crippen molar-refractivity contribution >= 4 is 17.5 Å². The first-order valence-electron chi connectivity index (χ1n) is 9.80. The summed E-state index contributed by atoms with van der Waals surface area (Å²) in [5.74, 6) is -2.02. The molecule has 1 aliphatic rings. The van der Waals surface area contributed by atoms with Gasteiger partial charge in [0, 0.05) is 38.8 Å². The van der Waals surface area contributed by atoms with Gasteiger partial charge in [-0.15, -0.1) is 0 Å². The van der Waals surface area contributed by atoms with E-state index in [0.717, 1.165) is 11.6 Å². The Kier molecular flexibility index (Phi) is 7.48. The molecule has 0 saturated carbocycles. The second kappa shape index (κ2) is 10.3. The van der Waals surface area contributed by atoms with E-state index in [0.29, 0.717) is 44.0 Å². The molecule has 0 aromatic heterocycles. The molecule has 0 unspecified atom stereocenters. The number of nitrogens with zero attached hydrogens (tertiary/aromatic N) is 1. The molecular weight excluding hydrogens is 392 g/mol. The largest absolute Gasteiger partial charge is 0.374 e. The third-order valence-corrected chi connectivity index (χ3v) is 4.75. The molecule has 1 heterocycles. The summed E-state index contributed by atoms with van der Waals surface area (Å²) in [6, 6.07) is 11.0. The van der Waals surface area contributed by atoms with Gasteiger partial charge in [0.1, 0.15) is 0 Å². The first-order chi connectivity index (χ1) is 14.4. The van der Waals surface area contributed by atoms with E-state index in [1.807, 2.05) is 6.07 Å². The summed E-state index contributed by atoms with van der Waals surface area (Å²) in [6.07, 6.45) is 0.0114. The van der Waals surface area contributed by atoms with Crippen molar-refractivity contribution in [3.05, 3.63) is 65.2 Å². The molecule has 3 rings (SSSR count). The van der Waals surface area contributed by atoms with E-state index in [-0.39, 0.29) is 24.3 Å². The van der Waals surface area contributed by atoms with E-state index in [9.17, 15) is 18.4 Å². The van der Waals surface area contributed by atoms with Crippen LogP contribution in [0.15, 0.2) is 42.5 Å². The van der Waals surface area contributed by atoms with Gasteiger partial charge in [-0.25, -0.2) is 8.78 Å². The molecule has 1 atom stereocenters. The van der Waals surface area contributed by atoms with Gasteiger partial charge in [-0.2, -0.15) is 0 Å². The third kappa shape index (κ3) is 6.60. The van der Waals surface area contributed by atoms with E-state index >= 15 is 0 Å². The van der Waals surface area contributed by atoms with Crippen LogP contribution in [-0.2, 0) is 27.3 Å². The van der Waals surface area contributed by atoms with Crippen LogP contribution in [0.25, 0.3) is 0 Å². The summed E-state index contributed by atoms with van der Waals surface area (Å²) in [4.78, 5) is 25.5. The molecule has 2 aromatic rings. The van der Waals surface area contributed by atoms with Gasteiger partial charge in [0.05, 0.1) is 19.1 Å². The molecule has 0 bridgehead atoms. The average molecular weight is 417 g/mol. The SMILES string of the molecule is CC(=O)Nc1cccc(CC(=O)NC[C@H]2CN(Cc3ccc(F)c(F)c3)CCO2)c1. The minimum absolute atomic E-state index is 0.142. The number of hydrogen-bond donors (Lipinski definition) is 2. The Balaban J connectivity index is 1.46. The zero-order valence-electron chi connectivity index (χ0n) is 16.8. The normalized spacial score (nSPS) is 16.8. The quantitative estimate of drug-likeness (QED) is 0.726. The number of halogens is 2. The molecule has 1 fully saturated rings. The molecule has 6 nitrogen and oxygen atoms in total. The lowest BCUT2D eigenvalue weighted by Crippen LogP contribution is -2.47. The van der Waals surface area contributed by atoms with Gasteiger partial charge >= 0.3 is 0 Å². The Hall–Kier alpha value is -2.84. The molecular formula is C22H25F2N3O3. The van der Waals surface area contributed by atoms with Gasteiger partial charge < -0.3 is 15.4 Å². The van der Waals surface area contributed by atoms with Crippen molar-refractivity contribution in [3.63, 3.8) is 0 Å². The summed E-state index contributed by atoms with van der Waals surface area (Å²) in [5.41, 5.74) is 2.14. The maximum atomic E-state index is 13.4. The number of nitrogens with one attached hydrogen (secondary N) is 2. The molecule has 0 spiro atoms. The summed E-state index contributed by atoms with van der Waals surface area (Å²) < 4.78 is 32.2. The maximum absolute atomic E-state index is 13.4. The molecule has 1 saturated heterocycles. The van der Waals surface area contributed by atoms with E-state index in [4.69, 9.17) is 4.74 Å². The molecule has 0 aliphatic carbocycles. The van der Waals surface area contributed by atoms with Gasteiger partial charge in [0.2, 0.25) is 11.8 Å². The summed E-state index contributed by atoms with van der Waals surface area (Å²) >= 11 is 0. The highest BCUT2D eigenvalue weighted by molar-refractivity contribution is 5.89. The van der Waals surface area contributed by atoms with Crippen molar-refractivity contribution in [3.8, 4) is 0 Å². The van der Waals surface area contributed by atoms with Crippen molar-refractivity contribution in [1.29, 1.82) is 0 Å². The topological polar surface area (TPSA) is 70.7 Å². The minimum atomic E-state index is -0.857. The van der Waals surface area contributed by atoms with Gasteiger partial charge in [0.25, 0.3) is 0 Å². The summed E-state index contributed by atoms with van der Waals surface area (Å²) in [7, 11) is 0. The van der Waals surface area contributed by atoms with E-state index < -0.39 is 11.6 Å². The number of anilines is 1. The molecule has 0 radical (unpaired) electrons. The zero-order valence-corrected chi connectivity index (χ0v) is 16.8. The molecule has 1 aliphatic heterocycles. The summed E-state index contributed by atoms with van der Waals surface area (Å²) in [5, 5.41) is 5.57. The predicted octanol–water partition coefficient (Wildman–Crippen LogP) is 2.48. The number of carbonyl (C=O) groups is 2. The lowest BCUT2D eigenvalue weighted by molar-refractivity contribution is -0.121. The lowest BCUT2D eigenvalue weighted by Gasteiger charge is -2.33. The first kappa shape index (κ1) is 21.9. The number of rotatable bonds is 7. The van der Waals surface area contributed by atoms with Crippen LogP contribution >= 0.6 is 0 Å². The van der Waals surface area contributed by atoms with Crippen LogP contribution in [0.5, 0.6) is 0 Å². The van der Waals surface area contributed by atoms with Crippen LogP contribution in [0.4, 0.5) is 14.5 Å². The first-order valence-corrected chi connectivity index (χ1v) is 9.80. The van der Waals surface area contributed by atoms with Crippen LogP contribution in [-0.4, -0.2) is 49.1 Å². The van der Waals surface area contributed by atoms with Crippen LogP contribution in [0.3, 0.4) is 0 Å². The van der Waals surface area contributed by atoms with Gasteiger partial charge in [-0.3, -0.25) is 14.5 Å². The Morgan fingerprint density at radius 2 is 1.97 bits per heavy atom. The Labute approximate surface area is 174 Å². The number of morpholine rings is 1. The van der Waals surface area contributed by atoms with E-state index in [1.54, 1.807) is 24.3 Å². The smallest absolute Gasteiger partial charge is 0.224 e.